The number of nitrogens with zero attached hydrogens (tertiary/aromatic N) is 1. The smallest absolute Gasteiger partial charge is 0.416 e. The van der Waals surface area contributed by atoms with Crippen molar-refractivity contribution in [1.82, 2.24) is 4.98 Å². The van der Waals surface area contributed by atoms with Gasteiger partial charge < -0.3 is 4.74 Å². The van der Waals surface area contributed by atoms with Crippen LogP contribution in [0.4, 0.5) is 13.2 Å². The molecule has 3 nitrogen and oxygen atoms in total. The SMILES string of the molecule is COC(=O)c1cc(C(F)(F)F)cc(CCl)n1. The number of ether oxygens (including phenoxy) is 1. The first-order valence-corrected chi connectivity index (χ1v) is 4.64. The molecule has 0 radical (unpaired) electrons. The molecular weight excluding hydrogens is 247 g/mol. The molecule has 7 heteroatoms. The standard InChI is InChI=1S/C9H7ClF3NO2/c1-16-8(15)7-3-5(9(11,12)13)2-6(4-10)14-7/h2-3H,4H2,1H3. The summed E-state index contributed by atoms with van der Waals surface area (Å²) in [5, 5.41) is 0. The zero-order chi connectivity index (χ0) is 12.3. The fourth-order valence-electron chi connectivity index (χ4n) is 1.03. The number of aromatic nitrogens is 1. The summed E-state index contributed by atoms with van der Waals surface area (Å²) in [6, 6.07) is 1.42. The van der Waals surface area contributed by atoms with E-state index >= 15 is 0 Å². The third-order valence-electron chi connectivity index (χ3n) is 1.74. The minimum absolute atomic E-state index is 0.0307. The van der Waals surface area contributed by atoms with Crippen molar-refractivity contribution in [3.8, 4) is 0 Å². The third-order valence-corrected chi connectivity index (χ3v) is 2.01. The van der Waals surface area contributed by atoms with Crippen LogP contribution in [0.15, 0.2) is 12.1 Å². The summed E-state index contributed by atoms with van der Waals surface area (Å²) in [5.74, 6) is -1.15. The van der Waals surface area contributed by atoms with Crippen molar-refractivity contribution in [2.24, 2.45) is 0 Å². The molecule has 0 saturated carbocycles. The molecule has 0 saturated heterocycles. The predicted octanol–water partition coefficient (Wildman–Crippen LogP) is 2.63. The van der Waals surface area contributed by atoms with Gasteiger partial charge in [0.05, 0.1) is 24.2 Å². The van der Waals surface area contributed by atoms with Crippen molar-refractivity contribution in [2.75, 3.05) is 7.11 Å². The van der Waals surface area contributed by atoms with E-state index in [1.165, 1.54) is 0 Å². The summed E-state index contributed by atoms with van der Waals surface area (Å²) in [5.41, 5.74) is -1.41. The molecule has 16 heavy (non-hydrogen) atoms. The molecule has 0 atom stereocenters. The van der Waals surface area contributed by atoms with Crippen molar-refractivity contribution in [1.29, 1.82) is 0 Å². The first kappa shape index (κ1) is 12.8. The zero-order valence-corrected chi connectivity index (χ0v) is 8.89. The molecule has 1 heterocycles. The third kappa shape index (κ3) is 2.85. The molecule has 0 amide bonds. The van der Waals surface area contributed by atoms with Gasteiger partial charge in [0.2, 0.25) is 0 Å². The Labute approximate surface area is 94.2 Å². The lowest BCUT2D eigenvalue weighted by Gasteiger charge is -2.09. The average molecular weight is 254 g/mol. The van der Waals surface area contributed by atoms with E-state index in [0.717, 1.165) is 13.2 Å². The van der Waals surface area contributed by atoms with Crippen molar-refractivity contribution in [3.05, 3.63) is 29.1 Å². The Bertz CT molecular complexity index is 406. The second-order valence-electron chi connectivity index (χ2n) is 2.86. The van der Waals surface area contributed by atoms with E-state index in [4.69, 9.17) is 11.6 Å². The van der Waals surface area contributed by atoms with Crippen molar-refractivity contribution >= 4 is 17.6 Å². The molecule has 0 N–H and O–H groups in total. The Morgan fingerprint density at radius 3 is 2.56 bits per heavy atom. The van der Waals surface area contributed by atoms with Crippen LogP contribution in [-0.4, -0.2) is 18.1 Å². The molecule has 88 valence electrons. The van der Waals surface area contributed by atoms with Crippen LogP contribution < -0.4 is 0 Å². The number of halogens is 4. The van der Waals surface area contributed by atoms with E-state index in [9.17, 15) is 18.0 Å². The minimum Gasteiger partial charge on any atom is -0.464 e. The number of alkyl halides is 4. The lowest BCUT2D eigenvalue weighted by molar-refractivity contribution is -0.137. The maximum atomic E-state index is 12.4. The second-order valence-corrected chi connectivity index (χ2v) is 3.12. The van der Waals surface area contributed by atoms with Crippen LogP contribution in [0, 0.1) is 0 Å². The number of hydrogen-bond acceptors (Lipinski definition) is 3. The number of carbonyl (C=O) groups excluding carboxylic acids is 1. The monoisotopic (exact) mass is 253 g/mol. The molecular formula is C9H7ClF3NO2. The van der Waals surface area contributed by atoms with Crippen LogP contribution in [0.2, 0.25) is 0 Å². The highest BCUT2D eigenvalue weighted by Gasteiger charge is 2.32. The van der Waals surface area contributed by atoms with E-state index < -0.39 is 23.4 Å². The molecule has 0 aromatic carbocycles. The molecule has 0 aliphatic rings. The molecule has 0 aliphatic carbocycles. The summed E-state index contributed by atoms with van der Waals surface area (Å²) in [6.45, 7) is 0. The Balaban J connectivity index is 3.27. The zero-order valence-electron chi connectivity index (χ0n) is 8.14. The van der Waals surface area contributed by atoms with Crippen LogP contribution in [-0.2, 0) is 16.8 Å². The minimum atomic E-state index is -4.55. The highest BCUT2D eigenvalue weighted by Crippen LogP contribution is 2.30. The number of rotatable bonds is 2. The number of hydrogen-bond donors (Lipinski definition) is 0. The quantitative estimate of drug-likeness (QED) is 0.601. The number of pyridine rings is 1. The lowest BCUT2D eigenvalue weighted by atomic mass is 10.2. The van der Waals surface area contributed by atoms with Gasteiger partial charge in [-0.15, -0.1) is 11.6 Å². The van der Waals surface area contributed by atoms with E-state index in [0.29, 0.717) is 6.07 Å². The molecule has 1 aromatic heterocycles. The van der Waals surface area contributed by atoms with Crippen LogP contribution in [0.5, 0.6) is 0 Å². The van der Waals surface area contributed by atoms with Gasteiger partial charge in [0, 0.05) is 0 Å². The van der Waals surface area contributed by atoms with Crippen molar-refractivity contribution < 1.29 is 22.7 Å². The van der Waals surface area contributed by atoms with Crippen LogP contribution in [0.3, 0.4) is 0 Å². The molecule has 1 aromatic rings. The van der Waals surface area contributed by atoms with Gasteiger partial charge >= 0.3 is 12.1 Å². The van der Waals surface area contributed by atoms with Gasteiger partial charge in [-0.25, -0.2) is 9.78 Å². The molecule has 0 spiro atoms. The van der Waals surface area contributed by atoms with Crippen LogP contribution in [0.1, 0.15) is 21.7 Å². The van der Waals surface area contributed by atoms with E-state index in [2.05, 4.69) is 9.72 Å². The molecule has 1 rings (SSSR count). The fourth-order valence-corrected chi connectivity index (χ4v) is 1.17. The summed E-state index contributed by atoms with van der Waals surface area (Å²) in [4.78, 5) is 14.7. The first-order valence-electron chi connectivity index (χ1n) is 4.11. The first-order chi connectivity index (χ1) is 7.38. The highest BCUT2D eigenvalue weighted by atomic mass is 35.5. The van der Waals surface area contributed by atoms with Gasteiger partial charge in [-0.05, 0) is 12.1 Å². The Hall–Kier alpha value is -1.30. The van der Waals surface area contributed by atoms with E-state index in [1.54, 1.807) is 0 Å². The molecule has 0 bridgehead atoms. The van der Waals surface area contributed by atoms with Crippen LogP contribution in [0.25, 0.3) is 0 Å². The Kier molecular flexibility index (Phi) is 3.74. The fraction of sp³-hybridized carbons (Fsp3) is 0.333. The average Bonchev–Trinajstić information content (AvgIpc) is 2.26. The molecule has 0 aliphatic heterocycles. The van der Waals surface area contributed by atoms with Gasteiger partial charge in [-0.1, -0.05) is 0 Å². The maximum Gasteiger partial charge on any atom is 0.416 e. The summed E-state index contributed by atoms with van der Waals surface area (Å²) < 4.78 is 41.6. The van der Waals surface area contributed by atoms with Crippen molar-refractivity contribution in [2.45, 2.75) is 12.1 Å². The van der Waals surface area contributed by atoms with Gasteiger partial charge in [0.25, 0.3) is 0 Å². The lowest BCUT2D eigenvalue weighted by Crippen LogP contribution is -2.12. The predicted molar refractivity (Wildman–Crippen MR) is 50.1 cm³/mol. The topological polar surface area (TPSA) is 39.2 Å². The second kappa shape index (κ2) is 4.69. The Morgan fingerprint density at radius 1 is 1.50 bits per heavy atom. The van der Waals surface area contributed by atoms with Gasteiger partial charge in [-0.2, -0.15) is 13.2 Å². The largest absolute Gasteiger partial charge is 0.464 e. The van der Waals surface area contributed by atoms with Gasteiger partial charge in [-0.3, -0.25) is 0 Å². The maximum absolute atomic E-state index is 12.4. The summed E-state index contributed by atoms with van der Waals surface area (Å²) in [6.07, 6.45) is -4.55. The number of esters is 1. The van der Waals surface area contributed by atoms with Crippen molar-refractivity contribution in [3.63, 3.8) is 0 Å². The number of carbonyl (C=O) groups is 1. The number of methoxy groups -OCH3 is 1. The normalized spacial score (nSPS) is 11.3. The highest BCUT2D eigenvalue weighted by molar-refractivity contribution is 6.16. The molecule has 0 fully saturated rings. The summed E-state index contributed by atoms with van der Waals surface area (Å²) in [7, 11) is 1.06. The Morgan fingerprint density at radius 2 is 2.12 bits per heavy atom. The van der Waals surface area contributed by atoms with Gasteiger partial charge in [0.1, 0.15) is 5.69 Å². The summed E-state index contributed by atoms with van der Waals surface area (Å²) >= 11 is 5.39. The van der Waals surface area contributed by atoms with Gasteiger partial charge in [0.15, 0.2) is 0 Å². The van der Waals surface area contributed by atoms with E-state index in [-0.39, 0.29) is 11.6 Å². The molecule has 0 unspecified atom stereocenters. The van der Waals surface area contributed by atoms with E-state index in [1.807, 2.05) is 0 Å². The van der Waals surface area contributed by atoms with Crippen LogP contribution >= 0.6 is 11.6 Å².